The van der Waals surface area contributed by atoms with Gasteiger partial charge in [-0.05, 0) is 32.4 Å². The van der Waals surface area contributed by atoms with E-state index < -0.39 is 11.6 Å². The fraction of sp³-hybridized carbons (Fsp3) is 0.308. The van der Waals surface area contributed by atoms with Gasteiger partial charge in [-0.3, -0.25) is 0 Å². The number of nitrogens with one attached hydrogen (secondary N) is 1. The first-order chi connectivity index (χ1) is 8.47. The molecule has 96 valence electrons. The lowest BCUT2D eigenvalue weighted by Crippen LogP contribution is -2.02. The molecule has 0 bridgehead atoms. The van der Waals surface area contributed by atoms with Crippen molar-refractivity contribution < 1.29 is 8.78 Å². The molecule has 1 aromatic carbocycles. The molecule has 0 aliphatic carbocycles. The second-order valence-corrected chi connectivity index (χ2v) is 5.47. The number of rotatable bonds is 3. The van der Waals surface area contributed by atoms with Crippen molar-refractivity contribution in [2.24, 2.45) is 0 Å². The Morgan fingerprint density at radius 1 is 1.17 bits per heavy atom. The van der Waals surface area contributed by atoms with Crippen LogP contribution in [0.15, 0.2) is 12.1 Å². The van der Waals surface area contributed by atoms with Crippen LogP contribution in [-0.4, -0.2) is 4.98 Å². The normalized spacial score (nSPS) is 10.7. The standard InChI is InChI=1S/C13H14F2N2S/c1-7-4-11(15)12(5-10(7)14)16-6-13-17-8(2)9(3)18-13/h4-5,16H,6H2,1-3H3. The van der Waals surface area contributed by atoms with Crippen molar-refractivity contribution in [3.05, 3.63) is 44.9 Å². The zero-order chi connectivity index (χ0) is 13.3. The van der Waals surface area contributed by atoms with Crippen LogP contribution in [-0.2, 0) is 6.54 Å². The van der Waals surface area contributed by atoms with E-state index in [9.17, 15) is 8.78 Å². The van der Waals surface area contributed by atoms with Crippen LogP contribution >= 0.6 is 11.3 Å². The van der Waals surface area contributed by atoms with Crippen LogP contribution in [0.1, 0.15) is 21.1 Å². The number of nitrogens with zero attached hydrogens (tertiary/aromatic N) is 1. The first kappa shape index (κ1) is 13.0. The molecule has 0 unspecified atom stereocenters. The van der Waals surface area contributed by atoms with Gasteiger partial charge in [0.25, 0.3) is 0 Å². The van der Waals surface area contributed by atoms with Crippen molar-refractivity contribution in [2.45, 2.75) is 27.3 Å². The molecular formula is C13H14F2N2S. The molecule has 18 heavy (non-hydrogen) atoms. The molecule has 0 amide bonds. The summed E-state index contributed by atoms with van der Waals surface area (Å²) in [6, 6.07) is 2.37. The third kappa shape index (κ3) is 2.67. The highest BCUT2D eigenvalue weighted by molar-refractivity contribution is 7.11. The number of hydrogen-bond donors (Lipinski definition) is 1. The highest BCUT2D eigenvalue weighted by atomic mass is 32.1. The molecule has 2 rings (SSSR count). The van der Waals surface area contributed by atoms with Crippen LogP contribution in [0, 0.1) is 32.4 Å². The van der Waals surface area contributed by atoms with E-state index in [0.717, 1.165) is 15.6 Å². The van der Waals surface area contributed by atoms with Gasteiger partial charge in [-0.1, -0.05) is 0 Å². The third-order valence-corrected chi connectivity index (χ3v) is 3.82. The zero-order valence-corrected chi connectivity index (χ0v) is 11.3. The minimum Gasteiger partial charge on any atom is -0.376 e. The maximum atomic E-state index is 13.6. The molecule has 1 aromatic heterocycles. The van der Waals surface area contributed by atoms with Gasteiger partial charge in [-0.2, -0.15) is 0 Å². The lowest BCUT2D eigenvalue weighted by atomic mass is 10.2. The average molecular weight is 268 g/mol. The minimum absolute atomic E-state index is 0.170. The number of aryl methyl sites for hydroxylation is 3. The van der Waals surface area contributed by atoms with Crippen molar-refractivity contribution in [2.75, 3.05) is 5.32 Å². The molecule has 2 nitrogen and oxygen atoms in total. The fourth-order valence-electron chi connectivity index (χ4n) is 1.57. The summed E-state index contributed by atoms with van der Waals surface area (Å²) in [5.74, 6) is -0.857. The van der Waals surface area contributed by atoms with Gasteiger partial charge in [0.2, 0.25) is 0 Å². The largest absolute Gasteiger partial charge is 0.376 e. The number of halogens is 2. The highest BCUT2D eigenvalue weighted by Crippen LogP contribution is 2.21. The van der Waals surface area contributed by atoms with E-state index in [1.165, 1.54) is 19.1 Å². The van der Waals surface area contributed by atoms with E-state index in [-0.39, 0.29) is 5.69 Å². The van der Waals surface area contributed by atoms with Crippen LogP contribution in [0.2, 0.25) is 0 Å². The number of aromatic nitrogens is 1. The molecule has 0 fully saturated rings. The summed E-state index contributed by atoms with van der Waals surface area (Å²) in [4.78, 5) is 5.48. The topological polar surface area (TPSA) is 24.9 Å². The van der Waals surface area contributed by atoms with Crippen LogP contribution in [0.4, 0.5) is 14.5 Å². The lowest BCUT2D eigenvalue weighted by Gasteiger charge is -2.07. The van der Waals surface area contributed by atoms with Gasteiger partial charge >= 0.3 is 0 Å². The van der Waals surface area contributed by atoms with E-state index in [2.05, 4.69) is 10.3 Å². The van der Waals surface area contributed by atoms with E-state index in [0.29, 0.717) is 12.1 Å². The van der Waals surface area contributed by atoms with E-state index in [1.807, 2.05) is 13.8 Å². The maximum Gasteiger partial charge on any atom is 0.146 e. The van der Waals surface area contributed by atoms with Crippen LogP contribution in [0.25, 0.3) is 0 Å². The van der Waals surface area contributed by atoms with E-state index >= 15 is 0 Å². The predicted molar refractivity (Wildman–Crippen MR) is 70.0 cm³/mol. The molecule has 2 aromatic rings. The summed E-state index contributed by atoms with van der Waals surface area (Å²) in [6.45, 7) is 5.86. The van der Waals surface area contributed by atoms with Gasteiger partial charge in [-0.25, -0.2) is 13.8 Å². The van der Waals surface area contributed by atoms with Gasteiger partial charge in [0.05, 0.1) is 17.9 Å². The number of thiazole rings is 1. The van der Waals surface area contributed by atoms with Crippen molar-refractivity contribution in [3.8, 4) is 0 Å². The van der Waals surface area contributed by atoms with Gasteiger partial charge in [-0.15, -0.1) is 11.3 Å². The Labute approximate surface area is 109 Å². The molecule has 0 aliphatic rings. The Morgan fingerprint density at radius 3 is 2.50 bits per heavy atom. The molecule has 1 N–H and O–H groups in total. The third-order valence-electron chi connectivity index (χ3n) is 2.75. The van der Waals surface area contributed by atoms with Crippen LogP contribution in [0.3, 0.4) is 0 Å². The molecule has 5 heteroatoms. The van der Waals surface area contributed by atoms with E-state index in [1.54, 1.807) is 11.3 Å². The minimum atomic E-state index is -0.445. The van der Waals surface area contributed by atoms with Crippen molar-refractivity contribution >= 4 is 17.0 Å². The summed E-state index contributed by atoms with van der Waals surface area (Å²) >= 11 is 1.56. The second-order valence-electron chi connectivity index (χ2n) is 4.18. The highest BCUT2D eigenvalue weighted by Gasteiger charge is 2.08. The number of hydrogen-bond acceptors (Lipinski definition) is 3. The van der Waals surface area contributed by atoms with Gasteiger partial charge in [0, 0.05) is 10.9 Å². The fourth-order valence-corrected chi connectivity index (χ4v) is 2.44. The van der Waals surface area contributed by atoms with Gasteiger partial charge in [0.1, 0.15) is 16.6 Å². The first-order valence-electron chi connectivity index (χ1n) is 5.60. The summed E-state index contributed by atoms with van der Waals surface area (Å²) in [5.41, 5.74) is 1.45. The Kier molecular flexibility index (Phi) is 3.61. The Balaban J connectivity index is 2.13. The van der Waals surface area contributed by atoms with E-state index in [4.69, 9.17) is 0 Å². The maximum absolute atomic E-state index is 13.6. The Hall–Kier alpha value is -1.49. The monoisotopic (exact) mass is 268 g/mol. The molecule has 1 heterocycles. The predicted octanol–water partition coefficient (Wildman–Crippen LogP) is 3.96. The summed E-state index contributed by atoms with van der Waals surface area (Å²) in [5, 5.41) is 3.74. The quantitative estimate of drug-likeness (QED) is 0.911. The Morgan fingerprint density at radius 2 is 1.89 bits per heavy atom. The molecule has 0 aliphatic heterocycles. The van der Waals surface area contributed by atoms with Crippen molar-refractivity contribution in [3.63, 3.8) is 0 Å². The number of anilines is 1. The van der Waals surface area contributed by atoms with Gasteiger partial charge in [0.15, 0.2) is 0 Å². The molecule has 0 saturated carbocycles. The molecule has 0 radical (unpaired) electrons. The van der Waals surface area contributed by atoms with Crippen molar-refractivity contribution in [1.29, 1.82) is 0 Å². The molecule has 0 saturated heterocycles. The van der Waals surface area contributed by atoms with Crippen LogP contribution in [0.5, 0.6) is 0 Å². The summed E-state index contributed by atoms with van der Waals surface area (Å²) < 4.78 is 26.9. The molecular weight excluding hydrogens is 254 g/mol. The summed E-state index contributed by atoms with van der Waals surface area (Å²) in [6.07, 6.45) is 0. The van der Waals surface area contributed by atoms with Crippen molar-refractivity contribution in [1.82, 2.24) is 4.98 Å². The second kappa shape index (κ2) is 5.02. The number of benzene rings is 1. The Bertz CT molecular complexity index is 559. The molecule has 0 atom stereocenters. The SMILES string of the molecule is Cc1cc(F)c(NCc2nc(C)c(C)s2)cc1F. The molecule has 0 spiro atoms. The van der Waals surface area contributed by atoms with Gasteiger partial charge < -0.3 is 5.32 Å². The smallest absolute Gasteiger partial charge is 0.146 e. The van der Waals surface area contributed by atoms with Crippen LogP contribution < -0.4 is 5.32 Å². The lowest BCUT2D eigenvalue weighted by molar-refractivity contribution is 0.594. The summed E-state index contributed by atoms with van der Waals surface area (Å²) in [7, 11) is 0. The zero-order valence-electron chi connectivity index (χ0n) is 10.5. The average Bonchev–Trinajstić information content (AvgIpc) is 2.62. The first-order valence-corrected chi connectivity index (χ1v) is 6.41.